The summed E-state index contributed by atoms with van der Waals surface area (Å²) in [5.41, 5.74) is 6.74. The lowest BCUT2D eigenvalue weighted by atomic mass is 10.1. The van der Waals surface area contributed by atoms with Gasteiger partial charge in [0.2, 0.25) is 0 Å². The third-order valence-corrected chi connectivity index (χ3v) is 1.49. The third kappa shape index (κ3) is 1.26. The van der Waals surface area contributed by atoms with Crippen molar-refractivity contribution in [2.45, 2.75) is 19.8 Å². The molecule has 2 nitrogen and oxygen atoms in total. The van der Waals surface area contributed by atoms with Crippen molar-refractivity contribution in [3.8, 4) is 0 Å². The molecular formula is C8H12N2. The Morgan fingerprint density at radius 2 is 2.20 bits per heavy atom. The van der Waals surface area contributed by atoms with Crippen LogP contribution in [0.25, 0.3) is 0 Å². The predicted molar refractivity (Wildman–Crippen MR) is 42.7 cm³/mol. The molecule has 2 heteroatoms. The highest BCUT2D eigenvalue weighted by Crippen LogP contribution is 2.17. The number of rotatable bonds is 1. The normalized spacial score (nSPS) is 10.3. The third-order valence-electron chi connectivity index (χ3n) is 1.49. The lowest BCUT2D eigenvalue weighted by molar-refractivity contribution is 0.863. The molecule has 54 valence electrons. The lowest BCUT2D eigenvalue weighted by Crippen LogP contribution is -1.97. The molecule has 2 N–H and O–H groups in total. The average molecular weight is 136 g/mol. The molecule has 0 aliphatic carbocycles. The van der Waals surface area contributed by atoms with Crippen LogP contribution in [0.5, 0.6) is 0 Å². The van der Waals surface area contributed by atoms with E-state index >= 15 is 0 Å². The standard InChI is InChI=1S/C8H12N2/c1-6(2)7-4-3-5-10-8(7)9/h3-6H,1-2H3,(H2,9,10). The highest BCUT2D eigenvalue weighted by atomic mass is 14.8. The van der Waals surface area contributed by atoms with E-state index in [0.717, 1.165) is 5.56 Å². The number of nitrogen functional groups attached to an aromatic ring is 1. The number of nitrogens with two attached hydrogens (primary N) is 1. The molecule has 0 aromatic carbocycles. The van der Waals surface area contributed by atoms with Crippen molar-refractivity contribution in [3.05, 3.63) is 23.9 Å². The van der Waals surface area contributed by atoms with Crippen LogP contribution in [0.1, 0.15) is 25.3 Å². The highest BCUT2D eigenvalue weighted by Gasteiger charge is 2.01. The van der Waals surface area contributed by atoms with Crippen LogP contribution in [-0.2, 0) is 0 Å². The molecule has 0 atom stereocenters. The highest BCUT2D eigenvalue weighted by molar-refractivity contribution is 5.40. The Hall–Kier alpha value is -1.05. The number of aromatic nitrogens is 1. The number of anilines is 1. The van der Waals surface area contributed by atoms with Gasteiger partial charge in [-0.15, -0.1) is 0 Å². The Kier molecular flexibility index (Phi) is 1.90. The van der Waals surface area contributed by atoms with E-state index in [-0.39, 0.29) is 0 Å². The van der Waals surface area contributed by atoms with Crippen molar-refractivity contribution in [1.29, 1.82) is 0 Å². The maximum atomic E-state index is 5.61. The maximum Gasteiger partial charge on any atom is 0.126 e. The lowest BCUT2D eigenvalue weighted by Gasteiger charge is -2.05. The van der Waals surface area contributed by atoms with Crippen molar-refractivity contribution in [3.63, 3.8) is 0 Å². The first-order chi connectivity index (χ1) is 4.72. The van der Waals surface area contributed by atoms with Gasteiger partial charge in [0.1, 0.15) is 5.82 Å². The van der Waals surface area contributed by atoms with E-state index in [1.165, 1.54) is 0 Å². The predicted octanol–water partition coefficient (Wildman–Crippen LogP) is 1.79. The van der Waals surface area contributed by atoms with Gasteiger partial charge in [-0.05, 0) is 17.5 Å². The second kappa shape index (κ2) is 2.69. The van der Waals surface area contributed by atoms with Crippen LogP contribution >= 0.6 is 0 Å². The Balaban J connectivity index is 3.03. The topological polar surface area (TPSA) is 38.9 Å². The van der Waals surface area contributed by atoms with Crippen LogP contribution in [0.15, 0.2) is 18.3 Å². The monoisotopic (exact) mass is 136 g/mol. The van der Waals surface area contributed by atoms with Gasteiger partial charge >= 0.3 is 0 Å². The quantitative estimate of drug-likeness (QED) is 0.639. The van der Waals surface area contributed by atoms with Gasteiger partial charge in [0, 0.05) is 6.20 Å². The summed E-state index contributed by atoms with van der Waals surface area (Å²) in [5, 5.41) is 0. The Bertz CT molecular complexity index is 218. The first-order valence-corrected chi connectivity index (χ1v) is 3.42. The summed E-state index contributed by atoms with van der Waals surface area (Å²) in [6.45, 7) is 4.21. The number of nitrogens with zero attached hydrogens (tertiary/aromatic N) is 1. The fraction of sp³-hybridized carbons (Fsp3) is 0.375. The zero-order chi connectivity index (χ0) is 7.56. The molecule has 1 rings (SSSR count). The molecular weight excluding hydrogens is 124 g/mol. The van der Waals surface area contributed by atoms with Crippen molar-refractivity contribution in [1.82, 2.24) is 4.98 Å². The van der Waals surface area contributed by atoms with E-state index in [1.807, 2.05) is 12.1 Å². The van der Waals surface area contributed by atoms with Gasteiger partial charge in [-0.25, -0.2) is 4.98 Å². The van der Waals surface area contributed by atoms with Gasteiger partial charge in [-0.1, -0.05) is 19.9 Å². The number of hydrogen-bond acceptors (Lipinski definition) is 2. The fourth-order valence-corrected chi connectivity index (χ4v) is 0.918. The minimum atomic E-state index is 0.466. The molecule has 1 aromatic rings. The summed E-state index contributed by atoms with van der Waals surface area (Å²) in [7, 11) is 0. The van der Waals surface area contributed by atoms with E-state index in [4.69, 9.17) is 5.73 Å². The van der Waals surface area contributed by atoms with Gasteiger partial charge in [0.15, 0.2) is 0 Å². The number of hydrogen-bond donors (Lipinski definition) is 1. The van der Waals surface area contributed by atoms with Crippen LogP contribution in [0, 0.1) is 0 Å². The van der Waals surface area contributed by atoms with Crippen molar-refractivity contribution in [2.24, 2.45) is 0 Å². The molecule has 0 saturated carbocycles. The van der Waals surface area contributed by atoms with Crippen molar-refractivity contribution in [2.75, 3.05) is 5.73 Å². The molecule has 0 unspecified atom stereocenters. The minimum absolute atomic E-state index is 0.466. The Morgan fingerprint density at radius 1 is 1.50 bits per heavy atom. The second-order valence-corrected chi connectivity index (χ2v) is 2.63. The SMILES string of the molecule is CC(C)c1cccnc1N. The molecule has 0 bridgehead atoms. The molecule has 0 fully saturated rings. The summed E-state index contributed by atoms with van der Waals surface area (Å²) in [6, 6.07) is 3.92. The average Bonchev–Trinajstić information content (AvgIpc) is 1.88. The molecule has 0 aliphatic heterocycles. The first-order valence-electron chi connectivity index (χ1n) is 3.42. The molecule has 0 radical (unpaired) electrons. The summed E-state index contributed by atoms with van der Waals surface area (Å²) >= 11 is 0. The fourth-order valence-electron chi connectivity index (χ4n) is 0.918. The molecule has 10 heavy (non-hydrogen) atoms. The van der Waals surface area contributed by atoms with E-state index < -0.39 is 0 Å². The van der Waals surface area contributed by atoms with Gasteiger partial charge in [0.25, 0.3) is 0 Å². The van der Waals surface area contributed by atoms with Gasteiger partial charge in [-0.3, -0.25) is 0 Å². The van der Waals surface area contributed by atoms with E-state index in [0.29, 0.717) is 11.7 Å². The first kappa shape index (κ1) is 7.06. The van der Waals surface area contributed by atoms with Crippen molar-refractivity contribution >= 4 is 5.82 Å². The Morgan fingerprint density at radius 3 is 2.60 bits per heavy atom. The van der Waals surface area contributed by atoms with E-state index in [9.17, 15) is 0 Å². The molecule has 1 aromatic heterocycles. The van der Waals surface area contributed by atoms with Gasteiger partial charge in [0.05, 0.1) is 0 Å². The van der Waals surface area contributed by atoms with Crippen LogP contribution in [0.3, 0.4) is 0 Å². The largest absolute Gasteiger partial charge is 0.383 e. The van der Waals surface area contributed by atoms with Crippen LogP contribution in [0.4, 0.5) is 5.82 Å². The summed E-state index contributed by atoms with van der Waals surface area (Å²) in [4.78, 5) is 3.98. The zero-order valence-corrected chi connectivity index (χ0v) is 6.33. The van der Waals surface area contributed by atoms with Crippen LogP contribution in [0.2, 0.25) is 0 Å². The van der Waals surface area contributed by atoms with E-state index in [1.54, 1.807) is 6.20 Å². The van der Waals surface area contributed by atoms with Gasteiger partial charge < -0.3 is 5.73 Å². The van der Waals surface area contributed by atoms with Gasteiger partial charge in [-0.2, -0.15) is 0 Å². The maximum absolute atomic E-state index is 5.61. The smallest absolute Gasteiger partial charge is 0.126 e. The van der Waals surface area contributed by atoms with E-state index in [2.05, 4.69) is 18.8 Å². The zero-order valence-electron chi connectivity index (χ0n) is 6.33. The molecule has 1 heterocycles. The summed E-state index contributed by atoms with van der Waals surface area (Å²) in [6.07, 6.45) is 1.71. The van der Waals surface area contributed by atoms with Crippen molar-refractivity contribution < 1.29 is 0 Å². The second-order valence-electron chi connectivity index (χ2n) is 2.63. The molecule has 0 saturated heterocycles. The summed E-state index contributed by atoms with van der Waals surface area (Å²) < 4.78 is 0. The molecule has 0 spiro atoms. The molecule has 0 amide bonds. The van der Waals surface area contributed by atoms with Crippen LogP contribution < -0.4 is 5.73 Å². The Labute approximate surface area is 61.1 Å². The molecule has 0 aliphatic rings. The summed E-state index contributed by atoms with van der Waals surface area (Å²) in [5.74, 6) is 1.12. The van der Waals surface area contributed by atoms with Crippen LogP contribution in [-0.4, -0.2) is 4.98 Å². The number of pyridine rings is 1. The minimum Gasteiger partial charge on any atom is -0.383 e.